The number of amides is 1. The standard InChI is InChI=1S/C29H28FN5O2/c30-22-14-20(33-28(36)18-4-2-1-3-5-18)9-10-21(22)24-15-25(27-23(34-24)12-13-31-29(27)37)35-26-11-8-19(16-32-26)17-6-7-17/h8-18H,1-7H2,(H,31,37)(H,33,36)(H,32,34,35). The second-order valence-corrected chi connectivity index (χ2v) is 10.0. The third kappa shape index (κ3) is 4.96. The van der Waals surface area contributed by atoms with Gasteiger partial charge in [-0.05, 0) is 73.6 Å². The molecule has 0 bridgehead atoms. The monoisotopic (exact) mass is 497 g/mol. The molecule has 3 N–H and O–H groups in total. The first kappa shape index (κ1) is 23.3. The van der Waals surface area contributed by atoms with E-state index in [-0.39, 0.29) is 22.9 Å². The Morgan fingerprint density at radius 3 is 2.57 bits per heavy atom. The summed E-state index contributed by atoms with van der Waals surface area (Å²) in [5.74, 6) is 0.610. The van der Waals surface area contributed by atoms with Gasteiger partial charge in [0.15, 0.2) is 0 Å². The van der Waals surface area contributed by atoms with Crippen molar-refractivity contribution in [1.82, 2.24) is 15.0 Å². The van der Waals surface area contributed by atoms with Crippen LogP contribution in [0.25, 0.3) is 22.2 Å². The minimum Gasteiger partial charge on any atom is -0.339 e. The number of hydrogen-bond donors (Lipinski definition) is 3. The van der Waals surface area contributed by atoms with E-state index >= 15 is 4.39 Å². The van der Waals surface area contributed by atoms with Crippen LogP contribution in [0.2, 0.25) is 0 Å². The predicted molar refractivity (Wildman–Crippen MR) is 142 cm³/mol. The zero-order valence-corrected chi connectivity index (χ0v) is 20.4. The average Bonchev–Trinajstić information content (AvgIpc) is 3.75. The van der Waals surface area contributed by atoms with Gasteiger partial charge in [0.25, 0.3) is 5.56 Å². The van der Waals surface area contributed by atoms with E-state index in [0.29, 0.717) is 39.7 Å². The first-order valence-corrected chi connectivity index (χ1v) is 12.9. The maximum atomic E-state index is 15.3. The summed E-state index contributed by atoms with van der Waals surface area (Å²) < 4.78 is 15.3. The molecule has 1 aromatic carbocycles. The Labute approximate surface area is 213 Å². The van der Waals surface area contributed by atoms with Crippen LogP contribution in [-0.4, -0.2) is 20.9 Å². The third-order valence-electron chi connectivity index (χ3n) is 7.32. The number of carbonyl (C=O) groups is 1. The van der Waals surface area contributed by atoms with E-state index in [4.69, 9.17) is 0 Å². The second-order valence-electron chi connectivity index (χ2n) is 10.0. The molecule has 37 heavy (non-hydrogen) atoms. The number of benzene rings is 1. The van der Waals surface area contributed by atoms with Crippen LogP contribution in [0.3, 0.4) is 0 Å². The number of aromatic nitrogens is 3. The molecule has 188 valence electrons. The summed E-state index contributed by atoms with van der Waals surface area (Å²) in [6.45, 7) is 0. The van der Waals surface area contributed by atoms with Crippen LogP contribution in [0.4, 0.5) is 21.6 Å². The number of nitrogens with zero attached hydrogens (tertiary/aromatic N) is 2. The summed E-state index contributed by atoms with van der Waals surface area (Å²) in [5.41, 5.74) is 2.91. The number of rotatable bonds is 6. The number of H-pyrrole nitrogens is 1. The van der Waals surface area contributed by atoms with Gasteiger partial charge in [0.2, 0.25) is 5.91 Å². The summed E-state index contributed by atoms with van der Waals surface area (Å²) in [5, 5.41) is 6.46. The Morgan fingerprint density at radius 1 is 1.00 bits per heavy atom. The van der Waals surface area contributed by atoms with Crippen molar-refractivity contribution in [2.45, 2.75) is 50.9 Å². The Bertz CT molecular complexity index is 1520. The van der Waals surface area contributed by atoms with Crippen LogP contribution < -0.4 is 16.2 Å². The van der Waals surface area contributed by atoms with Crippen LogP contribution >= 0.6 is 0 Å². The van der Waals surface area contributed by atoms with Crippen molar-refractivity contribution in [3.63, 3.8) is 0 Å². The van der Waals surface area contributed by atoms with Crippen LogP contribution in [-0.2, 0) is 4.79 Å². The van der Waals surface area contributed by atoms with Gasteiger partial charge in [-0.25, -0.2) is 14.4 Å². The first-order valence-electron chi connectivity index (χ1n) is 12.9. The van der Waals surface area contributed by atoms with E-state index in [1.165, 1.54) is 30.7 Å². The summed E-state index contributed by atoms with van der Waals surface area (Å²) >= 11 is 0. The van der Waals surface area contributed by atoms with Crippen LogP contribution in [0, 0.1) is 11.7 Å². The molecule has 0 spiro atoms. The highest BCUT2D eigenvalue weighted by Crippen LogP contribution is 2.40. The Morgan fingerprint density at radius 2 is 1.84 bits per heavy atom. The van der Waals surface area contributed by atoms with Crippen molar-refractivity contribution < 1.29 is 9.18 Å². The van der Waals surface area contributed by atoms with Crippen LogP contribution in [0.5, 0.6) is 0 Å². The van der Waals surface area contributed by atoms with Crippen molar-refractivity contribution in [2.75, 3.05) is 10.6 Å². The number of hydrogen-bond acceptors (Lipinski definition) is 5. The number of fused-ring (bicyclic) bond motifs is 1. The van der Waals surface area contributed by atoms with Gasteiger partial charge >= 0.3 is 0 Å². The van der Waals surface area contributed by atoms with Gasteiger partial charge in [0.05, 0.1) is 22.3 Å². The zero-order chi connectivity index (χ0) is 25.4. The lowest BCUT2D eigenvalue weighted by atomic mass is 9.88. The van der Waals surface area contributed by atoms with Crippen molar-refractivity contribution >= 4 is 34.0 Å². The smallest absolute Gasteiger partial charge is 0.259 e. The quantitative estimate of drug-likeness (QED) is 0.292. The van der Waals surface area contributed by atoms with Crippen molar-refractivity contribution in [3.05, 3.63) is 76.6 Å². The Kier molecular flexibility index (Phi) is 6.16. The van der Waals surface area contributed by atoms with E-state index < -0.39 is 5.82 Å². The Hall–Kier alpha value is -4.07. The fourth-order valence-corrected chi connectivity index (χ4v) is 5.11. The first-order chi connectivity index (χ1) is 18.0. The van der Waals surface area contributed by atoms with E-state index in [2.05, 4.69) is 25.6 Å². The minimum atomic E-state index is -0.504. The molecule has 3 aromatic heterocycles. The molecule has 2 saturated carbocycles. The third-order valence-corrected chi connectivity index (χ3v) is 7.32. The molecule has 4 aromatic rings. The maximum Gasteiger partial charge on any atom is 0.259 e. The molecule has 0 aliphatic heterocycles. The van der Waals surface area contributed by atoms with Gasteiger partial charge < -0.3 is 15.6 Å². The lowest BCUT2D eigenvalue weighted by Crippen LogP contribution is -2.24. The second kappa shape index (κ2) is 9.76. The van der Waals surface area contributed by atoms with E-state index in [0.717, 1.165) is 32.1 Å². The SMILES string of the molecule is O=C(Nc1ccc(-c2cc(Nc3ccc(C4CC4)cn3)c3c(=O)[nH]ccc3n2)c(F)c1)C1CCCCC1. The lowest BCUT2D eigenvalue weighted by molar-refractivity contribution is -0.120. The molecule has 6 rings (SSSR count). The molecular formula is C29H28FN5O2. The van der Waals surface area contributed by atoms with Gasteiger partial charge in [-0.2, -0.15) is 0 Å². The molecule has 0 saturated heterocycles. The number of carbonyl (C=O) groups excluding carboxylic acids is 1. The molecule has 2 aliphatic rings. The minimum absolute atomic E-state index is 0.0164. The van der Waals surface area contributed by atoms with Gasteiger partial charge in [-0.1, -0.05) is 25.3 Å². The van der Waals surface area contributed by atoms with Crippen LogP contribution in [0.15, 0.2) is 59.7 Å². The molecule has 0 atom stereocenters. The van der Waals surface area contributed by atoms with E-state index in [1.54, 1.807) is 24.3 Å². The molecule has 3 heterocycles. The highest BCUT2D eigenvalue weighted by Gasteiger charge is 2.24. The molecule has 8 heteroatoms. The largest absolute Gasteiger partial charge is 0.339 e. The fourth-order valence-electron chi connectivity index (χ4n) is 5.11. The number of pyridine rings is 3. The summed E-state index contributed by atoms with van der Waals surface area (Å²) in [4.78, 5) is 37.0. The van der Waals surface area contributed by atoms with Gasteiger partial charge in [0.1, 0.15) is 11.6 Å². The lowest BCUT2D eigenvalue weighted by Gasteiger charge is -2.20. The molecule has 0 unspecified atom stereocenters. The molecule has 7 nitrogen and oxygen atoms in total. The van der Waals surface area contributed by atoms with E-state index in [9.17, 15) is 9.59 Å². The fraction of sp³-hybridized carbons (Fsp3) is 0.310. The molecule has 2 fully saturated rings. The average molecular weight is 498 g/mol. The number of nitrogens with one attached hydrogen (secondary N) is 3. The highest BCUT2D eigenvalue weighted by atomic mass is 19.1. The maximum absolute atomic E-state index is 15.3. The highest BCUT2D eigenvalue weighted by molar-refractivity contribution is 5.95. The molecule has 0 radical (unpaired) electrons. The Balaban J connectivity index is 1.31. The molecule has 2 aliphatic carbocycles. The number of anilines is 3. The number of aromatic amines is 1. The summed E-state index contributed by atoms with van der Waals surface area (Å²) in [6, 6.07) is 11.9. The van der Waals surface area contributed by atoms with Gasteiger partial charge in [-0.15, -0.1) is 0 Å². The summed E-state index contributed by atoms with van der Waals surface area (Å²) in [6.07, 6.45) is 10.8. The normalized spacial score (nSPS) is 16.0. The van der Waals surface area contributed by atoms with Crippen molar-refractivity contribution in [2.24, 2.45) is 5.92 Å². The number of halogens is 1. The van der Waals surface area contributed by atoms with Gasteiger partial charge in [0, 0.05) is 29.6 Å². The van der Waals surface area contributed by atoms with Crippen molar-refractivity contribution in [1.29, 1.82) is 0 Å². The van der Waals surface area contributed by atoms with E-state index in [1.807, 2.05) is 18.3 Å². The predicted octanol–water partition coefficient (Wildman–Crippen LogP) is 6.26. The topological polar surface area (TPSA) is 99.8 Å². The van der Waals surface area contributed by atoms with Gasteiger partial charge in [-0.3, -0.25) is 9.59 Å². The molecular weight excluding hydrogens is 469 g/mol. The molecule has 1 amide bonds. The van der Waals surface area contributed by atoms with Crippen molar-refractivity contribution in [3.8, 4) is 11.3 Å². The summed E-state index contributed by atoms with van der Waals surface area (Å²) in [7, 11) is 0. The zero-order valence-electron chi connectivity index (χ0n) is 20.4. The van der Waals surface area contributed by atoms with Crippen LogP contribution in [0.1, 0.15) is 56.4 Å².